The molecule has 2 rings (SSSR count). The fourth-order valence-corrected chi connectivity index (χ4v) is 2.77. The number of hydrogen-bond donors (Lipinski definition) is 1. The normalized spacial score (nSPS) is 12.2. The predicted octanol–water partition coefficient (Wildman–Crippen LogP) is 4.06. The van der Waals surface area contributed by atoms with Crippen LogP contribution in [-0.2, 0) is 10.7 Å². The van der Waals surface area contributed by atoms with Crippen LogP contribution in [0, 0.1) is 17.2 Å². The quantitative estimate of drug-likeness (QED) is 0.800. The second-order valence-corrected chi connectivity index (χ2v) is 6.14. The third-order valence-corrected chi connectivity index (χ3v) is 4.45. The molecule has 1 aromatic carbocycles. The Morgan fingerprint density at radius 3 is 2.71 bits per heavy atom. The SMILES string of the molecule is C[C@H](C#N)CSc1ccccc1NC(=O)C(F)(F)c1ccccn1. The summed E-state index contributed by atoms with van der Waals surface area (Å²) < 4.78 is 28.4. The Morgan fingerprint density at radius 2 is 2.04 bits per heavy atom. The minimum Gasteiger partial charge on any atom is -0.319 e. The van der Waals surface area contributed by atoms with E-state index in [1.165, 1.54) is 30.1 Å². The molecule has 124 valence electrons. The van der Waals surface area contributed by atoms with Gasteiger partial charge in [0.2, 0.25) is 0 Å². The van der Waals surface area contributed by atoms with Gasteiger partial charge in [0.05, 0.1) is 17.7 Å². The minimum absolute atomic E-state index is 0.186. The highest BCUT2D eigenvalue weighted by atomic mass is 32.2. The molecule has 1 aromatic heterocycles. The first-order valence-corrected chi connectivity index (χ1v) is 8.16. The first kappa shape index (κ1) is 17.9. The highest BCUT2D eigenvalue weighted by Crippen LogP contribution is 2.32. The zero-order chi connectivity index (χ0) is 17.6. The highest BCUT2D eigenvalue weighted by Gasteiger charge is 2.42. The molecule has 0 saturated heterocycles. The van der Waals surface area contributed by atoms with E-state index < -0.39 is 17.5 Å². The van der Waals surface area contributed by atoms with E-state index in [9.17, 15) is 13.6 Å². The number of halogens is 2. The van der Waals surface area contributed by atoms with Crippen molar-refractivity contribution >= 4 is 23.4 Å². The molecule has 24 heavy (non-hydrogen) atoms. The average Bonchev–Trinajstić information content (AvgIpc) is 2.61. The molecule has 1 amide bonds. The Bertz CT molecular complexity index is 747. The van der Waals surface area contributed by atoms with Crippen molar-refractivity contribution in [1.82, 2.24) is 4.98 Å². The molecule has 0 fully saturated rings. The van der Waals surface area contributed by atoms with Gasteiger partial charge in [-0.05, 0) is 31.2 Å². The number of amides is 1. The molecular formula is C17H15F2N3OS. The lowest BCUT2D eigenvalue weighted by Gasteiger charge is -2.17. The van der Waals surface area contributed by atoms with E-state index in [0.717, 1.165) is 6.07 Å². The summed E-state index contributed by atoms with van der Waals surface area (Å²) in [7, 11) is 0. The number of thioether (sulfide) groups is 1. The summed E-state index contributed by atoms with van der Waals surface area (Å²) in [6.45, 7) is 1.77. The highest BCUT2D eigenvalue weighted by molar-refractivity contribution is 7.99. The molecule has 1 heterocycles. The van der Waals surface area contributed by atoms with Crippen LogP contribution in [0.1, 0.15) is 12.6 Å². The Labute approximate surface area is 142 Å². The van der Waals surface area contributed by atoms with Crippen molar-refractivity contribution in [3.8, 4) is 6.07 Å². The van der Waals surface area contributed by atoms with Gasteiger partial charge in [0, 0.05) is 16.8 Å². The van der Waals surface area contributed by atoms with Gasteiger partial charge in [-0.15, -0.1) is 11.8 Å². The lowest BCUT2D eigenvalue weighted by molar-refractivity contribution is -0.141. The number of aromatic nitrogens is 1. The molecule has 4 nitrogen and oxygen atoms in total. The van der Waals surface area contributed by atoms with E-state index in [0.29, 0.717) is 10.6 Å². The Hall–Kier alpha value is -2.46. The molecule has 2 aromatic rings. The van der Waals surface area contributed by atoms with Crippen LogP contribution in [0.2, 0.25) is 0 Å². The van der Waals surface area contributed by atoms with Crippen molar-refractivity contribution in [3.63, 3.8) is 0 Å². The second-order valence-electron chi connectivity index (χ2n) is 5.08. The molecule has 0 unspecified atom stereocenters. The summed E-state index contributed by atoms with van der Waals surface area (Å²) in [6.07, 6.45) is 1.21. The van der Waals surface area contributed by atoms with Crippen molar-refractivity contribution < 1.29 is 13.6 Å². The number of para-hydroxylation sites is 1. The lowest BCUT2D eigenvalue weighted by Crippen LogP contribution is -2.33. The van der Waals surface area contributed by atoms with Gasteiger partial charge in [-0.1, -0.05) is 18.2 Å². The van der Waals surface area contributed by atoms with E-state index in [2.05, 4.69) is 16.4 Å². The van der Waals surface area contributed by atoms with Gasteiger partial charge in [0.1, 0.15) is 5.69 Å². The summed E-state index contributed by atoms with van der Waals surface area (Å²) in [5.41, 5.74) is -0.320. The molecule has 0 saturated carbocycles. The second kappa shape index (κ2) is 7.88. The Morgan fingerprint density at radius 1 is 1.33 bits per heavy atom. The van der Waals surface area contributed by atoms with Crippen LogP contribution >= 0.6 is 11.8 Å². The molecule has 0 bridgehead atoms. The number of nitriles is 1. The number of benzene rings is 1. The zero-order valence-electron chi connectivity index (χ0n) is 12.9. The van der Waals surface area contributed by atoms with Crippen molar-refractivity contribution in [3.05, 3.63) is 54.4 Å². The standard InChI is InChI=1S/C17H15F2N3OS/c1-12(10-20)11-24-14-7-3-2-6-13(14)22-16(23)17(18,19)15-8-4-5-9-21-15/h2-9,12H,11H2,1H3,(H,22,23)/t12-/m1/s1. The molecule has 0 radical (unpaired) electrons. The van der Waals surface area contributed by atoms with Gasteiger partial charge >= 0.3 is 11.8 Å². The van der Waals surface area contributed by atoms with E-state index in [-0.39, 0.29) is 11.6 Å². The van der Waals surface area contributed by atoms with Gasteiger partial charge < -0.3 is 5.32 Å². The number of alkyl halides is 2. The minimum atomic E-state index is -3.74. The fourth-order valence-electron chi connectivity index (χ4n) is 1.81. The van der Waals surface area contributed by atoms with Gasteiger partial charge in [0.25, 0.3) is 0 Å². The number of anilines is 1. The maximum atomic E-state index is 14.2. The largest absolute Gasteiger partial charge is 0.366 e. The van der Waals surface area contributed by atoms with Crippen LogP contribution in [0.4, 0.5) is 14.5 Å². The van der Waals surface area contributed by atoms with E-state index in [4.69, 9.17) is 5.26 Å². The maximum absolute atomic E-state index is 14.2. The van der Waals surface area contributed by atoms with E-state index in [1.807, 2.05) is 0 Å². The van der Waals surface area contributed by atoms with Crippen LogP contribution in [0.3, 0.4) is 0 Å². The van der Waals surface area contributed by atoms with E-state index >= 15 is 0 Å². The third-order valence-electron chi connectivity index (χ3n) is 3.12. The summed E-state index contributed by atoms with van der Waals surface area (Å²) in [4.78, 5) is 16.2. The van der Waals surface area contributed by atoms with Crippen molar-refractivity contribution in [1.29, 1.82) is 5.26 Å². The van der Waals surface area contributed by atoms with Crippen LogP contribution < -0.4 is 5.32 Å². The topological polar surface area (TPSA) is 65.8 Å². The van der Waals surface area contributed by atoms with Crippen molar-refractivity contribution in [2.75, 3.05) is 11.1 Å². The third kappa shape index (κ3) is 4.30. The van der Waals surface area contributed by atoms with E-state index in [1.54, 1.807) is 31.2 Å². The van der Waals surface area contributed by atoms with Gasteiger partial charge in [-0.25, -0.2) is 0 Å². The zero-order valence-corrected chi connectivity index (χ0v) is 13.7. The first-order chi connectivity index (χ1) is 11.4. The summed E-state index contributed by atoms with van der Waals surface area (Å²) in [5.74, 6) is -4.87. The van der Waals surface area contributed by atoms with Crippen LogP contribution in [0.5, 0.6) is 0 Å². The Kier molecular flexibility index (Phi) is 5.88. The number of nitrogens with zero attached hydrogens (tertiary/aromatic N) is 2. The Balaban J connectivity index is 2.16. The molecule has 1 N–H and O–H groups in total. The smallest absolute Gasteiger partial charge is 0.319 e. The van der Waals surface area contributed by atoms with Crippen molar-refractivity contribution in [2.45, 2.75) is 17.7 Å². The number of hydrogen-bond acceptors (Lipinski definition) is 4. The van der Waals surface area contributed by atoms with Gasteiger partial charge in [0.15, 0.2) is 0 Å². The van der Waals surface area contributed by atoms with Crippen LogP contribution in [0.15, 0.2) is 53.6 Å². The number of carbonyl (C=O) groups is 1. The van der Waals surface area contributed by atoms with Gasteiger partial charge in [-0.2, -0.15) is 14.0 Å². The van der Waals surface area contributed by atoms with Gasteiger partial charge in [-0.3, -0.25) is 9.78 Å². The number of carbonyl (C=O) groups excluding carboxylic acids is 1. The summed E-state index contributed by atoms with van der Waals surface area (Å²) in [6, 6.07) is 12.8. The van der Waals surface area contributed by atoms with Crippen molar-refractivity contribution in [2.24, 2.45) is 5.92 Å². The molecule has 0 aliphatic rings. The molecular weight excluding hydrogens is 332 g/mol. The molecule has 1 atom stereocenters. The van der Waals surface area contributed by atoms with Crippen LogP contribution in [0.25, 0.3) is 0 Å². The predicted molar refractivity (Wildman–Crippen MR) is 88.7 cm³/mol. The maximum Gasteiger partial charge on any atom is 0.366 e. The lowest BCUT2D eigenvalue weighted by atomic mass is 10.2. The first-order valence-electron chi connectivity index (χ1n) is 7.17. The number of nitrogens with one attached hydrogen (secondary N) is 1. The summed E-state index contributed by atoms with van der Waals surface area (Å²) >= 11 is 1.33. The molecule has 0 aliphatic carbocycles. The molecule has 0 spiro atoms. The average molecular weight is 347 g/mol. The number of rotatable bonds is 6. The molecule has 0 aliphatic heterocycles. The molecule has 7 heteroatoms. The fraction of sp³-hybridized carbons (Fsp3) is 0.235. The monoisotopic (exact) mass is 347 g/mol. The summed E-state index contributed by atoms with van der Waals surface area (Å²) in [5, 5.41) is 11.1. The number of pyridine rings is 1. The van der Waals surface area contributed by atoms with Crippen LogP contribution in [-0.4, -0.2) is 16.6 Å².